The van der Waals surface area contributed by atoms with Crippen molar-refractivity contribution in [3.63, 3.8) is 0 Å². The van der Waals surface area contributed by atoms with Crippen molar-refractivity contribution in [2.45, 2.75) is 192 Å². The van der Waals surface area contributed by atoms with E-state index in [4.69, 9.17) is 4.74 Å². The molecule has 7 unspecified atom stereocenters. The van der Waals surface area contributed by atoms with Gasteiger partial charge < -0.3 is 10.1 Å². The summed E-state index contributed by atoms with van der Waals surface area (Å²) in [6.07, 6.45) is 24.5. The van der Waals surface area contributed by atoms with E-state index in [1.165, 1.54) is 86.5 Å². The molecule has 0 saturated heterocycles. The average Bonchev–Trinajstić information content (AvgIpc) is 3.91. The molecule has 0 spiro atoms. The van der Waals surface area contributed by atoms with E-state index in [0.717, 1.165) is 68.0 Å². The van der Waals surface area contributed by atoms with E-state index in [1.807, 2.05) is 34.6 Å². The summed E-state index contributed by atoms with van der Waals surface area (Å²) in [5.74, 6) is 5.43. The minimum atomic E-state index is 0.353. The predicted molar refractivity (Wildman–Crippen MR) is 239 cm³/mol. The highest BCUT2D eigenvalue weighted by atomic mass is 16.5. The van der Waals surface area contributed by atoms with Gasteiger partial charge in [0.2, 0.25) is 0 Å². The lowest BCUT2D eigenvalue weighted by Gasteiger charge is -2.26. The highest BCUT2D eigenvalue weighted by molar-refractivity contribution is 5.27. The van der Waals surface area contributed by atoms with Crippen molar-refractivity contribution in [2.75, 3.05) is 13.7 Å². The topological polar surface area (TPSA) is 21.3 Å². The van der Waals surface area contributed by atoms with Gasteiger partial charge in [-0.05, 0) is 158 Å². The molecular weight excluding hydrogens is 631 g/mol. The minimum absolute atomic E-state index is 0.353. The maximum absolute atomic E-state index is 5.51. The van der Waals surface area contributed by atoms with Gasteiger partial charge in [0.25, 0.3) is 0 Å². The number of fused-ring (bicyclic) bond motifs is 1. The number of rotatable bonds is 24. The summed E-state index contributed by atoms with van der Waals surface area (Å²) in [5, 5.41) is 3.26. The first-order valence-corrected chi connectivity index (χ1v) is 22.0. The van der Waals surface area contributed by atoms with Gasteiger partial charge in [-0.1, -0.05) is 136 Å². The largest absolute Gasteiger partial charge is 0.389 e. The third-order valence-corrected chi connectivity index (χ3v) is 11.4. The molecule has 0 bridgehead atoms. The zero-order valence-electron chi connectivity index (χ0n) is 37.8. The summed E-state index contributed by atoms with van der Waals surface area (Å²) in [6.45, 7) is 46.2. The van der Waals surface area contributed by atoms with Gasteiger partial charge in [0.05, 0.1) is 6.10 Å². The Hall–Kier alpha value is -1.80. The Morgan fingerprint density at radius 2 is 1.46 bits per heavy atom. The molecule has 2 nitrogen and oxygen atoms in total. The maximum atomic E-state index is 5.51. The fraction of sp³-hybridized carbons (Fsp3) is 0.760. The molecule has 0 aromatic rings. The van der Waals surface area contributed by atoms with Crippen molar-refractivity contribution in [3.8, 4) is 0 Å². The fourth-order valence-electron chi connectivity index (χ4n) is 7.54. The van der Waals surface area contributed by atoms with Gasteiger partial charge in [-0.15, -0.1) is 0 Å². The van der Waals surface area contributed by atoms with Crippen LogP contribution in [0, 0.1) is 41.4 Å². The van der Waals surface area contributed by atoms with Crippen LogP contribution < -0.4 is 5.32 Å². The summed E-state index contributed by atoms with van der Waals surface area (Å²) in [5.41, 5.74) is 8.05. The van der Waals surface area contributed by atoms with E-state index in [0.29, 0.717) is 23.9 Å². The number of hydrogen-bond donors (Lipinski definition) is 1. The lowest BCUT2D eigenvalue weighted by Crippen LogP contribution is -2.19. The van der Waals surface area contributed by atoms with Gasteiger partial charge in [0, 0.05) is 19.4 Å². The Kier molecular flexibility index (Phi) is 31.7. The van der Waals surface area contributed by atoms with Crippen molar-refractivity contribution in [1.29, 1.82) is 0 Å². The first-order chi connectivity index (χ1) is 24.7. The molecule has 8 atom stereocenters. The molecule has 2 fully saturated rings. The molecule has 2 saturated carbocycles. The van der Waals surface area contributed by atoms with E-state index >= 15 is 0 Å². The molecule has 2 rings (SSSR count). The SMILES string of the molecule is C=C(C)NCCCCC(=C)C(=C)C(C)C(C)CC(CC)OC.C=C(CC[C@@H](C)C/C(C)=C/C1CCC2CC2C1)C(C)/C=C(\C)CCCC.CC.CC. The van der Waals surface area contributed by atoms with Gasteiger partial charge in [-0.2, -0.15) is 0 Å². The van der Waals surface area contributed by atoms with Crippen LogP contribution in [0.3, 0.4) is 0 Å². The molecule has 0 radical (unpaired) electrons. The van der Waals surface area contributed by atoms with Crippen molar-refractivity contribution >= 4 is 0 Å². The number of hydrogen-bond acceptors (Lipinski definition) is 2. The number of methoxy groups -OCH3 is 1. The van der Waals surface area contributed by atoms with Crippen LogP contribution in [-0.4, -0.2) is 19.8 Å². The average molecular weight is 724 g/mol. The predicted octanol–water partition coefficient (Wildman–Crippen LogP) is 16.0. The standard InChI is InChI=1S/C26H44.C20H37NO.2C2H6/c1-7-8-9-19(2)15-23(6)22(5)11-10-20(3)14-21(4)16-24-12-13-25-18-26(25)17-24;1-9-20(22-8)14-17(5)19(7)18(6)16(4)12-10-11-13-21-15(2)3;2*1-2/h15-16,20,23-26H,5,7-14,17-18H2,1-4,6H3;17,19-21H,2,4,6,9-14H2,1,3,5,7-8H3;2*1-2H3/b19-15+,21-16+;;;/t20-,23?,24?,25?,26?;;;/m1.../s1. The Labute approximate surface area is 328 Å². The molecule has 2 aliphatic carbocycles. The molecular formula is C50H93NO. The Bertz CT molecular complexity index is 1020. The van der Waals surface area contributed by atoms with Gasteiger partial charge in [0.1, 0.15) is 0 Å². The highest BCUT2D eigenvalue weighted by Crippen LogP contribution is 2.51. The minimum Gasteiger partial charge on any atom is -0.389 e. The number of allylic oxidation sites excluding steroid dienone is 8. The van der Waals surface area contributed by atoms with Crippen molar-refractivity contribution in [1.82, 2.24) is 5.32 Å². The molecule has 0 aromatic carbocycles. The van der Waals surface area contributed by atoms with Crippen molar-refractivity contribution in [3.05, 3.63) is 72.0 Å². The second kappa shape index (κ2) is 31.5. The van der Waals surface area contributed by atoms with Crippen LogP contribution in [0.1, 0.15) is 186 Å². The zero-order valence-corrected chi connectivity index (χ0v) is 37.8. The normalized spacial score (nSPS) is 20.8. The Morgan fingerprint density at radius 1 is 0.808 bits per heavy atom. The van der Waals surface area contributed by atoms with Crippen molar-refractivity contribution in [2.24, 2.45) is 41.4 Å². The fourth-order valence-corrected chi connectivity index (χ4v) is 7.54. The maximum Gasteiger partial charge on any atom is 0.0571 e. The quantitative estimate of drug-likeness (QED) is 0.0608. The smallest absolute Gasteiger partial charge is 0.0571 e. The Morgan fingerprint density at radius 3 is 2.02 bits per heavy atom. The van der Waals surface area contributed by atoms with E-state index < -0.39 is 0 Å². The summed E-state index contributed by atoms with van der Waals surface area (Å²) < 4.78 is 5.51. The van der Waals surface area contributed by atoms with E-state index in [9.17, 15) is 0 Å². The van der Waals surface area contributed by atoms with Gasteiger partial charge in [0.15, 0.2) is 0 Å². The molecule has 304 valence electrons. The first kappa shape index (κ1) is 52.3. The van der Waals surface area contributed by atoms with Gasteiger partial charge in [-0.3, -0.25) is 0 Å². The lowest BCUT2D eigenvalue weighted by molar-refractivity contribution is 0.0740. The molecule has 0 amide bonds. The summed E-state index contributed by atoms with van der Waals surface area (Å²) in [7, 11) is 1.80. The van der Waals surface area contributed by atoms with Crippen molar-refractivity contribution < 1.29 is 4.74 Å². The summed E-state index contributed by atoms with van der Waals surface area (Å²) in [4.78, 5) is 0. The summed E-state index contributed by atoms with van der Waals surface area (Å²) in [6, 6.07) is 0. The van der Waals surface area contributed by atoms with E-state index in [2.05, 4.69) is 99.2 Å². The molecule has 1 N–H and O–H groups in total. The molecule has 2 heteroatoms. The van der Waals surface area contributed by atoms with Crippen LogP contribution in [0.4, 0.5) is 0 Å². The Balaban J connectivity index is 0. The number of nitrogens with one attached hydrogen (secondary N) is 1. The van der Waals surface area contributed by atoms with Crippen LogP contribution in [-0.2, 0) is 4.74 Å². The van der Waals surface area contributed by atoms with Crippen LogP contribution in [0.5, 0.6) is 0 Å². The molecule has 2 aliphatic rings. The van der Waals surface area contributed by atoms with Crippen LogP contribution in [0.2, 0.25) is 0 Å². The van der Waals surface area contributed by atoms with Gasteiger partial charge >= 0.3 is 0 Å². The number of unbranched alkanes of at least 4 members (excludes halogenated alkanes) is 2. The third-order valence-electron chi connectivity index (χ3n) is 11.4. The first-order valence-electron chi connectivity index (χ1n) is 22.0. The number of ether oxygens (including phenoxy) is 1. The second-order valence-corrected chi connectivity index (χ2v) is 16.3. The second-order valence-electron chi connectivity index (χ2n) is 16.3. The van der Waals surface area contributed by atoms with Crippen LogP contribution >= 0.6 is 0 Å². The van der Waals surface area contributed by atoms with E-state index in [-0.39, 0.29) is 0 Å². The van der Waals surface area contributed by atoms with E-state index in [1.54, 1.807) is 12.7 Å². The van der Waals surface area contributed by atoms with Crippen LogP contribution in [0.25, 0.3) is 0 Å². The summed E-state index contributed by atoms with van der Waals surface area (Å²) >= 11 is 0. The van der Waals surface area contributed by atoms with Gasteiger partial charge in [-0.25, -0.2) is 0 Å². The lowest BCUT2D eigenvalue weighted by atomic mass is 9.81. The molecule has 0 heterocycles. The molecule has 52 heavy (non-hydrogen) atoms. The monoisotopic (exact) mass is 724 g/mol. The zero-order chi connectivity index (χ0) is 40.2. The third kappa shape index (κ3) is 24.5. The molecule has 0 aromatic heterocycles. The van der Waals surface area contributed by atoms with Crippen LogP contribution in [0.15, 0.2) is 72.0 Å². The molecule has 0 aliphatic heterocycles. The highest BCUT2D eigenvalue weighted by Gasteiger charge is 2.41.